The van der Waals surface area contributed by atoms with Crippen LogP contribution < -0.4 is 0 Å². The lowest BCUT2D eigenvalue weighted by Gasteiger charge is -2.12. The highest BCUT2D eigenvalue weighted by Crippen LogP contribution is 2.25. The third kappa shape index (κ3) is 2.70. The lowest BCUT2D eigenvalue weighted by molar-refractivity contribution is 0.543. The van der Waals surface area contributed by atoms with Crippen LogP contribution in [0.15, 0.2) is 54.9 Å². The molecule has 0 N–H and O–H groups in total. The molecule has 0 bridgehead atoms. The van der Waals surface area contributed by atoms with E-state index >= 15 is 0 Å². The zero-order valence-corrected chi connectivity index (χ0v) is 12.5. The van der Waals surface area contributed by atoms with Crippen LogP contribution in [0.25, 0.3) is 17.1 Å². The maximum atomic E-state index is 4.74. The zero-order chi connectivity index (χ0) is 14.9. The Hall–Kier alpha value is -2.49. The van der Waals surface area contributed by atoms with Crippen LogP contribution in [0.2, 0.25) is 0 Å². The summed E-state index contributed by atoms with van der Waals surface area (Å²) in [6.45, 7) is 6.35. The first-order chi connectivity index (χ1) is 10.1. The largest absolute Gasteiger partial charge is 0.264 e. The van der Waals surface area contributed by atoms with Gasteiger partial charge in [0.05, 0.1) is 5.69 Å². The average molecular weight is 278 g/mol. The Balaban J connectivity index is 2.20. The summed E-state index contributed by atoms with van der Waals surface area (Å²) in [6.07, 6.45) is 3.58. The second-order valence-electron chi connectivity index (χ2n) is 6.00. The molecular formula is C17H18N4. The third-order valence-electron chi connectivity index (χ3n) is 3.20. The molecule has 0 aliphatic rings. The van der Waals surface area contributed by atoms with Gasteiger partial charge in [-0.15, -0.1) is 0 Å². The van der Waals surface area contributed by atoms with Gasteiger partial charge in [0, 0.05) is 23.4 Å². The van der Waals surface area contributed by atoms with Gasteiger partial charge in [0.15, 0.2) is 11.6 Å². The molecule has 0 amide bonds. The Bertz CT molecular complexity index is 667. The van der Waals surface area contributed by atoms with Crippen LogP contribution in [0.3, 0.4) is 0 Å². The predicted octanol–water partition coefficient (Wildman–Crippen LogP) is 3.63. The van der Waals surface area contributed by atoms with Gasteiger partial charge in [0.2, 0.25) is 0 Å². The fourth-order valence-electron chi connectivity index (χ4n) is 2.06. The van der Waals surface area contributed by atoms with Gasteiger partial charge in [-0.2, -0.15) is 5.10 Å². The molecule has 0 aliphatic heterocycles. The molecule has 0 saturated heterocycles. The standard InChI is InChI=1S/C17H18N4/c1-17(2,3)16-19-15(13-8-7-11-18-12-13)21(20-16)14-9-5-4-6-10-14/h4-12H,1-3H3. The van der Waals surface area contributed by atoms with E-state index in [1.165, 1.54) is 0 Å². The maximum Gasteiger partial charge on any atom is 0.165 e. The van der Waals surface area contributed by atoms with Crippen LogP contribution in [0.5, 0.6) is 0 Å². The molecule has 21 heavy (non-hydrogen) atoms. The molecule has 0 unspecified atom stereocenters. The van der Waals surface area contributed by atoms with Crippen LogP contribution in [0.1, 0.15) is 26.6 Å². The number of pyridine rings is 1. The van der Waals surface area contributed by atoms with Crippen molar-refractivity contribution in [3.05, 3.63) is 60.7 Å². The summed E-state index contributed by atoms with van der Waals surface area (Å²) >= 11 is 0. The second kappa shape index (κ2) is 5.13. The van der Waals surface area contributed by atoms with Gasteiger partial charge in [-0.1, -0.05) is 39.0 Å². The number of nitrogens with zero attached hydrogens (tertiary/aromatic N) is 4. The smallest absolute Gasteiger partial charge is 0.165 e. The Labute approximate surface area is 124 Å². The number of hydrogen-bond acceptors (Lipinski definition) is 3. The molecular weight excluding hydrogens is 260 g/mol. The summed E-state index contributed by atoms with van der Waals surface area (Å²) in [7, 11) is 0. The monoisotopic (exact) mass is 278 g/mol. The van der Waals surface area contributed by atoms with Crippen LogP contribution in [-0.4, -0.2) is 19.7 Å². The fraction of sp³-hybridized carbons (Fsp3) is 0.235. The Morgan fingerprint density at radius 2 is 1.71 bits per heavy atom. The van der Waals surface area contributed by atoms with Gasteiger partial charge >= 0.3 is 0 Å². The van der Waals surface area contributed by atoms with Crippen molar-refractivity contribution in [1.82, 2.24) is 19.7 Å². The Morgan fingerprint density at radius 1 is 0.952 bits per heavy atom. The van der Waals surface area contributed by atoms with Gasteiger partial charge in [-0.3, -0.25) is 4.98 Å². The third-order valence-corrected chi connectivity index (χ3v) is 3.20. The summed E-state index contributed by atoms with van der Waals surface area (Å²) in [6, 6.07) is 14.0. The number of hydrogen-bond donors (Lipinski definition) is 0. The van der Waals surface area contributed by atoms with Gasteiger partial charge in [-0.05, 0) is 24.3 Å². The topological polar surface area (TPSA) is 43.6 Å². The van der Waals surface area contributed by atoms with Crippen molar-refractivity contribution in [3.8, 4) is 17.1 Å². The van der Waals surface area contributed by atoms with E-state index in [0.29, 0.717) is 0 Å². The summed E-state index contributed by atoms with van der Waals surface area (Å²) in [5, 5.41) is 4.71. The fourth-order valence-corrected chi connectivity index (χ4v) is 2.06. The van der Waals surface area contributed by atoms with Crippen LogP contribution in [-0.2, 0) is 5.41 Å². The minimum Gasteiger partial charge on any atom is -0.264 e. The highest BCUT2D eigenvalue weighted by atomic mass is 15.4. The molecule has 4 nitrogen and oxygen atoms in total. The highest BCUT2D eigenvalue weighted by Gasteiger charge is 2.23. The van der Waals surface area contributed by atoms with Crippen molar-refractivity contribution >= 4 is 0 Å². The summed E-state index contributed by atoms with van der Waals surface area (Å²) in [5.74, 6) is 1.64. The SMILES string of the molecule is CC(C)(C)c1nc(-c2cccnc2)n(-c2ccccc2)n1. The number of benzene rings is 1. The zero-order valence-electron chi connectivity index (χ0n) is 12.5. The Kier molecular flexibility index (Phi) is 3.29. The molecule has 2 heterocycles. The minimum absolute atomic E-state index is 0.100. The van der Waals surface area contributed by atoms with Gasteiger partial charge in [0.1, 0.15) is 0 Å². The molecule has 106 valence electrons. The van der Waals surface area contributed by atoms with Crippen LogP contribution >= 0.6 is 0 Å². The highest BCUT2D eigenvalue weighted by molar-refractivity contribution is 5.56. The normalized spacial score (nSPS) is 11.6. The van der Waals surface area contributed by atoms with Gasteiger partial charge in [-0.25, -0.2) is 9.67 Å². The molecule has 0 atom stereocenters. The van der Waals surface area contributed by atoms with Crippen molar-refractivity contribution < 1.29 is 0 Å². The molecule has 0 fully saturated rings. The van der Waals surface area contributed by atoms with Crippen molar-refractivity contribution in [1.29, 1.82) is 0 Å². The maximum absolute atomic E-state index is 4.74. The first-order valence-electron chi connectivity index (χ1n) is 6.99. The van der Waals surface area contributed by atoms with E-state index in [1.54, 1.807) is 6.20 Å². The summed E-state index contributed by atoms with van der Waals surface area (Å²) in [5.41, 5.74) is 1.86. The lowest BCUT2D eigenvalue weighted by atomic mass is 9.96. The minimum atomic E-state index is -0.100. The molecule has 0 aliphatic carbocycles. The van der Waals surface area contributed by atoms with Crippen molar-refractivity contribution in [2.45, 2.75) is 26.2 Å². The Morgan fingerprint density at radius 3 is 2.33 bits per heavy atom. The van der Waals surface area contributed by atoms with Crippen LogP contribution in [0.4, 0.5) is 0 Å². The van der Waals surface area contributed by atoms with E-state index in [1.807, 2.05) is 53.3 Å². The summed E-state index contributed by atoms with van der Waals surface area (Å²) in [4.78, 5) is 8.93. The van der Waals surface area contributed by atoms with E-state index in [-0.39, 0.29) is 5.41 Å². The van der Waals surface area contributed by atoms with E-state index in [9.17, 15) is 0 Å². The van der Waals surface area contributed by atoms with E-state index in [2.05, 4.69) is 25.8 Å². The second-order valence-corrected chi connectivity index (χ2v) is 6.00. The predicted molar refractivity (Wildman–Crippen MR) is 83.3 cm³/mol. The molecule has 0 saturated carbocycles. The molecule has 1 aromatic carbocycles. The number of aromatic nitrogens is 4. The molecule has 4 heteroatoms. The molecule has 2 aromatic heterocycles. The first-order valence-corrected chi connectivity index (χ1v) is 6.99. The first kappa shape index (κ1) is 13.5. The van der Waals surface area contributed by atoms with Crippen molar-refractivity contribution in [2.24, 2.45) is 0 Å². The van der Waals surface area contributed by atoms with Crippen molar-refractivity contribution in [3.63, 3.8) is 0 Å². The van der Waals surface area contributed by atoms with E-state index in [4.69, 9.17) is 10.1 Å². The lowest BCUT2D eigenvalue weighted by Crippen LogP contribution is -2.14. The number of rotatable bonds is 2. The quantitative estimate of drug-likeness (QED) is 0.719. The average Bonchev–Trinajstić information content (AvgIpc) is 2.94. The molecule has 0 spiro atoms. The van der Waals surface area contributed by atoms with Gasteiger partial charge in [0.25, 0.3) is 0 Å². The van der Waals surface area contributed by atoms with E-state index in [0.717, 1.165) is 22.9 Å². The van der Waals surface area contributed by atoms with E-state index < -0.39 is 0 Å². The molecule has 0 radical (unpaired) electrons. The van der Waals surface area contributed by atoms with Crippen LogP contribution in [0, 0.1) is 0 Å². The van der Waals surface area contributed by atoms with Gasteiger partial charge < -0.3 is 0 Å². The molecule has 3 aromatic rings. The van der Waals surface area contributed by atoms with Crippen molar-refractivity contribution in [2.75, 3.05) is 0 Å². The number of para-hydroxylation sites is 1. The summed E-state index contributed by atoms with van der Waals surface area (Å²) < 4.78 is 1.89. The molecule has 3 rings (SSSR count).